The van der Waals surface area contributed by atoms with E-state index in [1.165, 1.54) is 18.4 Å². The summed E-state index contributed by atoms with van der Waals surface area (Å²) < 4.78 is 2.27. The third-order valence-corrected chi connectivity index (χ3v) is 3.57. The predicted molar refractivity (Wildman–Crippen MR) is 64.1 cm³/mol. The number of nitrogen functional groups attached to an aromatic ring is 1. The minimum Gasteiger partial charge on any atom is -0.383 e. The van der Waals surface area contributed by atoms with Crippen molar-refractivity contribution >= 4 is 16.9 Å². The first-order valence-electron chi connectivity index (χ1n) is 5.74. The van der Waals surface area contributed by atoms with Gasteiger partial charge >= 0.3 is 0 Å². The Bertz CT molecular complexity index is 537. The van der Waals surface area contributed by atoms with Gasteiger partial charge in [0.05, 0.1) is 5.39 Å². The summed E-state index contributed by atoms with van der Waals surface area (Å²) in [4.78, 5) is 8.42. The molecule has 0 amide bonds. The molecule has 3 rings (SSSR count). The molecule has 0 radical (unpaired) electrons. The molecule has 0 unspecified atom stereocenters. The minimum atomic E-state index is 0.591. The van der Waals surface area contributed by atoms with Gasteiger partial charge in [0.15, 0.2) is 0 Å². The van der Waals surface area contributed by atoms with E-state index in [-0.39, 0.29) is 0 Å². The van der Waals surface area contributed by atoms with Crippen LogP contribution in [0.25, 0.3) is 11.0 Å². The summed E-state index contributed by atoms with van der Waals surface area (Å²) in [5, 5.41) is 1.02. The second-order valence-electron chi connectivity index (χ2n) is 4.91. The lowest BCUT2D eigenvalue weighted by molar-refractivity contribution is 0.220. The molecule has 2 aromatic heterocycles. The van der Waals surface area contributed by atoms with Crippen molar-refractivity contribution in [1.29, 1.82) is 0 Å². The average Bonchev–Trinajstić information content (AvgIpc) is 2.53. The Balaban J connectivity index is 2.16. The molecule has 2 heterocycles. The summed E-state index contributed by atoms with van der Waals surface area (Å²) in [6.07, 6.45) is 6.20. The molecule has 0 spiro atoms. The van der Waals surface area contributed by atoms with Gasteiger partial charge in [0.1, 0.15) is 17.8 Å². The first kappa shape index (κ1) is 9.63. The van der Waals surface area contributed by atoms with Crippen molar-refractivity contribution < 1.29 is 0 Å². The fourth-order valence-corrected chi connectivity index (χ4v) is 2.66. The van der Waals surface area contributed by atoms with Crippen LogP contribution in [0.2, 0.25) is 0 Å². The molecule has 1 saturated carbocycles. The standard InChI is InChI=1S/C12H16N4/c1-7-3-9(4-7)16-5-8(2)10-11(13)14-6-15-12(10)16/h5-7,9H,3-4H2,1-2H3,(H2,13,14,15). The Morgan fingerprint density at radius 1 is 1.38 bits per heavy atom. The summed E-state index contributed by atoms with van der Waals surface area (Å²) in [5.74, 6) is 1.43. The van der Waals surface area contributed by atoms with Gasteiger partial charge in [0.25, 0.3) is 0 Å². The van der Waals surface area contributed by atoms with E-state index in [9.17, 15) is 0 Å². The monoisotopic (exact) mass is 216 g/mol. The molecule has 1 aliphatic carbocycles. The zero-order valence-electron chi connectivity index (χ0n) is 9.64. The molecule has 0 bridgehead atoms. The van der Waals surface area contributed by atoms with E-state index in [1.54, 1.807) is 6.33 Å². The summed E-state index contributed by atoms with van der Waals surface area (Å²) in [6.45, 7) is 4.36. The van der Waals surface area contributed by atoms with E-state index in [0.29, 0.717) is 11.9 Å². The number of aryl methyl sites for hydroxylation is 1. The van der Waals surface area contributed by atoms with Crippen LogP contribution in [0.4, 0.5) is 5.82 Å². The molecule has 2 N–H and O–H groups in total. The number of hydrogen-bond acceptors (Lipinski definition) is 3. The highest BCUT2D eigenvalue weighted by Crippen LogP contribution is 2.40. The van der Waals surface area contributed by atoms with E-state index in [0.717, 1.165) is 17.0 Å². The van der Waals surface area contributed by atoms with Gasteiger partial charge in [0.2, 0.25) is 0 Å². The Morgan fingerprint density at radius 3 is 2.81 bits per heavy atom. The zero-order chi connectivity index (χ0) is 11.3. The first-order valence-corrected chi connectivity index (χ1v) is 5.74. The van der Waals surface area contributed by atoms with Crippen LogP contribution in [-0.4, -0.2) is 14.5 Å². The van der Waals surface area contributed by atoms with Crippen molar-refractivity contribution in [2.45, 2.75) is 32.7 Å². The van der Waals surface area contributed by atoms with Gasteiger partial charge in [-0.25, -0.2) is 9.97 Å². The highest BCUT2D eigenvalue weighted by molar-refractivity contribution is 5.89. The fourth-order valence-electron chi connectivity index (χ4n) is 2.66. The summed E-state index contributed by atoms with van der Waals surface area (Å²) in [5.41, 5.74) is 8.05. The largest absolute Gasteiger partial charge is 0.383 e. The number of rotatable bonds is 1. The molecule has 1 fully saturated rings. The Morgan fingerprint density at radius 2 is 2.12 bits per heavy atom. The second kappa shape index (κ2) is 3.20. The van der Waals surface area contributed by atoms with Crippen LogP contribution in [0.15, 0.2) is 12.5 Å². The van der Waals surface area contributed by atoms with Gasteiger partial charge in [-0.3, -0.25) is 0 Å². The lowest BCUT2D eigenvalue weighted by Gasteiger charge is -2.34. The van der Waals surface area contributed by atoms with Crippen LogP contribution in [0, 0.1) is 12.8 Å². The Hall–Kier alpha value is -1.58. The molecule has 84 valence electrons. The molecule has 0 aromatic carbocycles. The normalized spacial score (nSPS) is 24.6. The van der Waals surface area contributed by atoms with Gasteiger partial charge in [-0.1, -0.05) is 6.92 Å². The van der Waals surface area contributed by atoms with Gasteiger partial charge in [0, 0.05) is 12.2 Å². The fraction of sp³-hybridized carbons (Fsp3) is 0.500. The molecule has 4 nitrogen and oxygen atoms in total. The Kier molecular flexibility index (Phi) is 1.93. The maximum Gasteiger partial charge on any atom is 0.145 e. The number of hydrogen-bond donors (Lipinski definition) is 1. The van der Waals surface area contributed by atoms with E-state index in [2.05, 4.69) is 34.6 Å². The van der Waals surface area contributed by atoms with Gasteiger partial charge in [-0.15, -0.1) is 0 Å². The maximum atomic E-state index is 5.89. The molecule has 0 atom stereocenters. The molecule has 2 aromatic rings. The highest BCUT2D eigenvalue weighted by Gasteiger charge is 2.28. The number of nitrogens with zero attached hydrogens (tertiary/aromatic N) is 3. The molecule has 1 aliphatic rings. The van der Waals surface area contributed by atoms with Gasteiger partial charge in [-0.05, 0) is 31.2 Å². The van der Waals surface area contributed by atoms with Crippen molar-refractivity contribution in [3.8, 4) is 0 Å². The number of anilines is 1. The topological polar surface area (TPSA) is 56.7 Å². The van der Waals surface area contributed by atoms with Crippen LogP contribution in [0.1, 0.15) is 31.4 Å². The van der Waals surface area contributed by atoms with Crippen molar-refractivity contribution in [2.75, 3.05) is 5.73 Å². The quantitative estimate of drug-likeness (QED) is 0.795. The van der Waals surface area contributed by atoms with E-state index in [1.807, 2.05) is 0 Å². The Labute approximate surface area is 94.5 Å². The van der Waals surface area contributed by atoms with Crippen LogP contribution in [-0.2, 0) is 0 Å². The van der Waals surface area contributed by atoms with Crippen LogP contribution >= 0.6 is 0 Å². The molecule has 4 heteroatoms. The van der Waals surface area contributed by atoms with Gasteiger partial charge in [-0.2, -0.15) is 0 Å². The van der Waals surface area contributed by atoms with E-state index >= 15 is 0 Å². The van der Waals surface area contributed by atoms with Crippen molar-refractivity contribution in [2.24, 2.45) is 5.92 Å². The molecule has 0 saturated heterocycles. The minimum absolute atomic E-state index is 0.591. The number of nitrogens with two attached hydrogens (primary N) is 1. The molecule has 0 aliphatic heterocycles. The lowest BCUT2D eigenvalue weighted by Crippen LogP contribution is -2.24. The van der Waals surface area contributed by atoms with E-state index < -0.39 is 0 Å². The average molecular weight is 216 g/mol. The number of fused-ring (bicyclic) bond motifs is 1. The number of aromatic nitrogens is 3. The first-order chi connectivity index (χ1) is 7.66. The smallest absolute Gasteiger partial charge is 0.145 e. The predicted octanol–water partition coefficient (Wildman–Crippen LogP) is 2.29. The van der Waals surface area contributed by atoms with E-state index in [4.69, 9.17) is 5.73 Å². The van der Waals surface area contributed by atoms with Crippen molar-refractivity contribution in [3.63, 3.8) is 0 Å². The maximum absolute atomic E-state index is 5.89. The molecular formula is C12H16N4. The second-order valence-corrected chi connectivity index (χ2v) is 4.91. The van der Waals surface area contributed by atoms with Crippen molar-refractivity contribution in [1.82, 2.24) is 14.5 Å². The summed E-state index contributed by atoms with van der Waals surface area (Å²) in [6, 6.07) is 0.598. The van der Waals surface area contributed by atoms with Crippen LogP contribution < -0.4 is 5.73 Å². The molecule has 16 heavy (non-hydrogen) atoms. The summed E-state index contributed by atoms with van der Waals surface area (Å²) >= 11 is 0. The SMILES string of the molecule is Cc1cn(C2CC(C)C2)c2ncnc(N)c12. The third kappa shape index (κ3) is 1.22. The van der Waals surface area contributed by atoms with Crippen LogP contribution in [0.5, 0.6) is 0 Å². The molecular weight excluding hydrogens is 200 g/mol. The summed E-state index contributed by atoms with van der Waals surface area (Å²) in [7, 11) is 0. The third-order valence-electron chi connectivity index (χ3n) is 3.57. The van der Waals surface area contributed by atoms with Gasteiger partial charge < -0.3 is 10.3 Å². The van der Waals surface area contributed by atoms with Crippen LogP contribution in [0.3, 0.4) is 0 Å². The zero-order valence-corrected chi connectivity index (χ0v) is 9.64. The van der Waals surface area contributed by atoms with Crippen molar-refractivity contribution in [3.05, 3.63) is 18.1 Å². The highest BCUT2D eigenvalue weighted by atomic mass is 15.1. The lowest BCUT2D eigenvalue weighted by atomic mass is 9.82.